The van der Waals surface area contributed by atoms with Crippen molar-refractivity contribution < 1.29 is 4.74 Å². The van der Waals surface area contributed by atoms with E-state index in [0.717, 1.165) is 61.5 Å². The highest BCUT2D eigenvalue weighted by atomic mass is 16.5. The summed E-state index contributed by atoms with van der Waals surface area (Å²) in [6.07, 6.45) is 3.89. The number of hydrogen-bond acceptors (Lipinski definition) is 5. The summed E-state index contributed by atoms with van der Waals surface area (Å²) in [4.78, 5) is 12.0. The smallest absolute Gasteiger partial charge is 0.122 e. The topological polar surface area (TPSA) is 50.3 Å². The molecule has 152 valence electrons. The van der Waals surface area contributed by atoms with E-state index in [1.165, 1.54) is 16.7 Å². The lowest BCUT2D eigenvalue weighted by molar-refractivity contribution is 0.305. The standard InChI is InChI=1S/C24H30N4O/c1-4-28(5-2)13-11-18-14-19-17(15-23(18)29-3)10-12-25-24(19)22-16-26-20-8-6-7-9-21(20)27-22/h6-9,14-16,24-25H,4-5,10-13H2,1-3H3/t24-/m1/s1. The van der Waals surface area contributed by atoms with Crippen LogP contribution < -0.4 is 10.1 Å². The second-order valence-corrected chi connectivity index (χ2v) is 7.56. The van der Waals surface area contributed by atoms with E-state index in [9.17, 15) is 0 Å². The van der Waals surface area contributed by atoms with Crippen molar-refractivity contribution in [2.75, 3.05) is 33.3 Å². The van der Waals surface area contributed by atoms with Gasteiger partial charge >= 0.3 is 0 Å². The highest BCUT2D eigenvalue weighted by molar-refractivity contribution is 5.73. The van der Waals surface area contributed by atoms with Crippen LogP contribution in [0.4, 0.5) is 0 Å². The number of nitrogens with one attached hydrogen (secondary N) is 1. The minimum Gasteiger partial charge on any atom is -0.496 e. The van der Waals surface area contributed by atoms with E-state index in [4.69, 9.17) is 9.72 Å². The number of likely N-dealkylation sites (N-methyl/N-ethyl adjacent to an activating group) is 1. The second kappa shape index (κ2) is 8.89. The average Bonchev–Trinajstić information content (AvgIpc) is 2.78. The van der Waals surface area contributed by atoms with Gasteiger partial charge in [0, 0.05) is 13.1 Å². The molecule has 0 spiro atoms. The van der Waals surface area contributed by atoms with Crippen molar-refractivity contribution in [3.05, 3.63) is 65.0 Å². The molecule has 1 atom stereocenters. The molecule has 0 fully saturated rings. The molecular formula is C24H30N4O. The van der Waals surface area contributed by atoms with Crippen LogP contribution in [0.25, 0.3) is 11.0 Å². The van der Waals surface area contributed by atoms with E-state index in [2.05, 4.69) is 41.2 Å². The fourth-order valence-electron chi connectivity index (χ4n) is 4.21. The van der Waals surface area contributed by atoms with Crippen molar-refractivity contribution in [2.45, 2.75) is 32.7 Å². The Balaban J connectivity index is 1.70. The molecule has 2 heterocycles. The van der Waals surface area contributed by atoms with Crippen LogP contribution >= 0.6 is 0 Å². The number of nitrogens with zero attached hydrogens (tertiary/aromatic N) is 3. The number of fused-ring (bicyclic) bond motifs is 2. The summed E-state index contributed by atoms with van der Waals surface area (Å²) in [7, 11) is 1.77. The third-order valence-corrected chi connectivity index (χ3v) is 5.95. The normalized spacial score (nSPS) is 16.2. The van der Waals surface area contributed by atoms with Crippen molar-refractivity contribution in [3.8, 4) is 5.75 Å². The van der Waals surface area contributed by atoms with Crippen LogP contribution in [0.2, 0.25) is 0 Å². The first-order valence-electron chi connectivity index (χ1n) is 10.6. The summed E-state index contributed by atoms with van der Waals surface area (Å²) < 4.78 is 5.74. The van der Waals surface area contributed by atoms with Crippen molar-refractivity contribution in [2.24, 2.45) is 0 Å². The molecule has 5 nitrogen and oxygen atoms in total. The van der Waals surface area contributed by atoms with Gasteiger partial charge in [0.1, 0.15) is 5.75 Å². The Hall–Kier alpha value is -2.50. The van der Waals surface area contributed by atoms with E-state index < -0.39 is 0 Å². The van der Waals surface area contributed by atoms with Crippen LogP contribution in [-0.2, 0) is 12.8 Å². The molecule has 1 aliphatic rings. The van der Waals surface area contributed by atoms with Crippen LogP contribution in [0.5, 0.6) is 5.75 Å². The third-order valence-electron chi connectivity index (χ3n) is 5.95. The highest BCUT2D eigenvalue weighted by Crippen LogP contribution is 2.33. The zero-order chi connectivity index (χ0) is 20.2. The summed E-state index contributed by atoms with van der Waals surface area (Å²) in [6.45, 7) is 8.53. The summed E-state index contributed by atoms with van der Waals surface area (Å²) in [5, 5.41) is 3.65. The average molecular weight is 391 g/mol. The summed E-state index contributed by atoms with van der Waals surface area (Å²) in [5.74, 6) is 1.00. The Bertz CT molecular complexity index is 984. The van der Waals surface area contributed by atoms with Gasteiger partial charge < -0.3 is 15.0 Å². The Morgan fingerprint density at radius 2 is 1.93 bits per heavy atom. The number of rotatable bonds is 7. The van der Waals surface area contributed by atoms with Gasteiger partial charge in [0.05, 0.1) is 36.1 Å². The predicted molar refractivity (Wildman–Crippen MR) is 118 cm³/mol. The van der Waals surface area contributed by atoms with Gasteiger partial charge in [0.2, 0.25) is 0 Å². The highest BCUT2D eigenvalue weighted by Gasteiger charge is 2.25. The molecule has 1 aromatic heterocycles. The minimum absolute atomic E-state index is 0.0639. The summed E-state index contributed by atoms with van der Waals surface area (Å²) >= 11 is 0. The first-order valence-corrected chi connectivity index (χ1v) is 10.6. The molecule has 3 aromatic rings. The summed E-state index contributed by atoms with van der Waals surface area (Å²) in [6, 6.07) is 12.7. The number of para-hydroxylation sites is 2. The molecule has 1 N–H and O–H groups in total. The zero-order valence-corrected chi connectivity index (χ0v) is 17.6. The van der Waals surface area contributed by atoms with Gasteiger partial charge in [-0.2, -0.15) is 0 Å². The van der Waals surface area contributed by atoms with Gasteiger partial charge in [-0.3, -0.25) is 4.98 Å². The molecule has 0 bridgehead atoms. The lowest BCUT2D eigenvalue weighted by atomic mass is 9.89. The first kappa shape index (κ1) is 19.8. The molecule has 4 rings (SSSR count). The fraction of sp³-hybridized carbons (Fsp3) is 0.417. The van der Waals surface area contributed by atoms with Gasteiger partial charge in [-0.05, 0) is 66.9 Å². The Morgan fingerprint density at radius 1 is 1.14 bits per heavy atom. The van der Waals surface area contributed by atoms with E-state index in [0.29, 0.717) is 0 Å². The van der Waals surface area contributed by atoms with Crippen LogP contribution in [0.15, 0.2) is 42.6 Å². The maximum Gasteiger partial charge on any atom is 0.122 e. The van der Waals surface area contributed by atoms with Gasteiger partial charge in [-0.15, -0.1) is 0 Å². The molecule has 1 aliphatic heterocycles. The van der Waals surface area contributed by atoms with E-state index in [1.54, 1.807) is 7.11 Å². The number of ether oxygens (including phenoxy) is 1. The third kappa shape index (κ3) is 4.11. The second-order valence-electron chi connectivity index (χ2n) is 7.56. The summed E-state index contributed by atoms with van der Waals surface area (Å²) in [5.41, 5.74) is 6.75. The van der Waals surface area contributed by atoms with Crippen LogP contribution in [-0.4, -0.2) is 48.2 Å². The first-order chi connectivity index (χ1) is 14.2. The Kier molecular flexibility index (Phi) is 6.07. The molecule has 0 radical (unpaired) electrons. The Morgan fingerprint density at radius 3 is 2.69 bits per heavy atom. The maximum atomic E-state index is 5.74. The monoisotopic (exact) mass is 390 g/mol. The molecule has 0 aliphatic carbocycles. The molecule has 29 heavy (non-hydrogen) atoms. The number of aromatic nitrogens is 2. The lowest BCUT2D eigenvalue weighted by Crippen LogP contribution is -2.31. The molecular weight excluding hydrogens is 360 g/mol. The molecule has 2 aromatic carbocycles. The quantitative estimate of drug-likeness (QED) is 0.666. The van der Waals surface area contributed by atoms with Crippen LogP contribution in [0, 0.1) is 0 Å². The van der Waals surface area contributed by atoms with Gasteiger partial charge in [0.25, 0.3) is 0 Å². The van der Waals surface area contributed by atoms with Crippen molar-refractivity contribution in [1.29, 1.82) is 0 Å². The largest absolute Gasteiger partial charge is 0.496 e. The number of benzene rings is 2. The molecule has 0 amide bonds. The molecule has 0 saturated heterocycles. The van der Waals surface area contributed by atoms with Gasteiger partial charge in [0.15, 0.2) is 0 Å². The molecule has 0 unspecified atom stereocenters. The van der Waals surface area contributed by atoms with E-state index >= 15 is 0 Å². The maximum absolute atomic E-state index is 5.74. The lowest BCUT2D eigenvalue weighted by Gasteiger charge is -2.28. The van der Waals surface area contributed by atoms with Crippen LogP contribution in [0.3, 0.4) is 0 Å². The number of methoxy groups -OCH3 is 1. The minimum atomic E-state index is 0.0639. The number of hydrogen-bond donors (Lipinski definition) is 1. The predicted octanol–water partition coefficient (Wildman–Crippen LogP) is 3.76. The van der Waals surface area contributed by atoms with Gasteiger partial charge in [-0.1, -0.05) is 26.0 Å². The van der Waals surface area contributed by atoms with Crippen molar-refractivity contribution >= 4 is 11.0 Å². The van der Waals surface area contributed by atoms with Crippen LogP contribution in [0.1, 0.15) is 42.3 Å². The Labute approximate surface area is 173 Å². The fourth-order valence-corrected chi connectivity index (χ4v) is 4.21. The van der Waals surface area contributed by atoms with Crippen molar-refractivity contribution in [3.63, 3.8) is 0 Å². The van der Waals surface area contributed by atoms with E-state index in [-0.39, 0.29) is 6.04 Å². The van der Waals surface area contributed by atoms with E-state index in [1.807, 2.05) is 30.5 Å². The van der Waals surface area contributed by atoms with Gasteiger partial charge in [-0.25, -0.2) is 4.98 Å². The zero-order valence-electron chi connectivity index (χ0n) is 17.6. The molecule has 0 saturated carbocycles. The molecule has 5 heteroatoms. The SMILES string of the molecule is CCN(CC)CCc1cc2c(cc1OC)CCN[C@H]2c1cnc2ccccc2n1. The van der Waals surface area contributed by atoms with Crippen molar-refractivity contribution in [1.82, 2.24) is 20.2 Å².